The fourth-order valence-electron chi connectivity index (χ4n) is 5.01. The molecule has 1 unspecified atom stereocenters. The van der Waals surface area contributed by atoms with E-state index in [-0.39, 0.29) is 12.8 Å². The Kier molecular flexibility index (Phi) is 5.84. The van der Waals surface area contributed by atoms with Crippen LogP contribution in [0.5, 0.6) is 0 Å². The van der Waals surface area contributed by atoms with E-state index in [1.165, 1.54) is 11.5 Å². The second kappa shape index (κ2) is 9.32. The highest BCUT2D eigenvalue weighted by Crippen LogP contribution is 2.35. The summed E-state index contributed by atoms with van der Waals surface area (Å²) in [7, 11) is 0. The Morgan fingerprint density at radius 3 is 2.68 bits per heavy atom. The van der Waals surface area contributed by atoms with Gasteiger partial charge in [0.15, 0.2) is 5.82 Å². The average molecular weight is 515 g/mol. The number of aromatic nitrogens is 3. The number of carbonyl (C=O) groups excluding carboxylic acids is 4. The molecule has 1 fully saturated rings. The van der Waals surface area contributed by atoms with Gasteiger partial charge in [-0.05, 0) is 49.0 Å². The molecule has 37 heavy (non-hydrogen) atoms. The van der Waals surface area contributed by atoms with Crippen molar-refractivity contribution >= 4 is 35.2 Å². The molecule has 0 saturated carbocycles. The monoisotopic (exact) mass is 514 g/mol. The first-order valence-electron chi connectivity index (χ1n) is 12.0. The zero-order valence-electron chi connectivity index (χ0n) is 19.7. The van der Waals surface area contributed by atoms with Crippen molar-refractivity contribution in [1.82, 2.24) is 29.5 Å². The maximum atomic E-state index is 13.4. The van der Waals surface area contributed by atoms with Crippen LogP contribution in [0.2, 0.25) is 0 Å². The fourth-order valence-corrected chi connectivity index (χ4v) is 5.69. The van der Waals surface area contributed by atoms with E-state index in [4.69, 9.17) is 4.98 Å². The Morgan fingerprint density at radius 1 is 1.00 bits per heavy atom. The molecule has 0 radical (unpaired) electrons. The molecule has 1 atom stereocenters. The lowest BCUT2D eigenvalue weighted by Gasteiger charge is -2.30. The quantitative estimate of drug-likeness (QED) is 0.514. The zero-order valence-corrected chi connectivity index (χ0v) is 20.5. The summed E-state index contributed by atoms with van der Waals surface area (Å²) in [5, 5.41) is 2.95. The summed E-state index contributed by atoms with van der Waals surface area (Å²) >= 11 is 1.25. The Balaban J connectivity index is 1.22. The van der Waals surface area contributed by atoms with Crippen LogP contribution in [0.4, 0.5) is 0 Å². The first kappa shape index (κ1) is 23.2. The van der Waals surface area contributed by atoms with Gasteiger partial charge >= 0.3 is 0 Å². The second-order valence-corrected chi connectivity index (χ2v) is 9.94. The highest BCUT2D eigenvalue weighted by Gasteiger charge is 2.48. The lowest BCUT2D eigenvalue weighted by Crippen LogP contribution is -2.55. The Labute approximate surface area is 216 Å². The summed E-state index contributed by atoms with van der Waals surface area (Å²) in [6.07, 6.45) is 3.16. The number of imide groups is 2. The van der Waals surface area contributed by atoms with Gasteiger partial charge < -0.3 is 4.90 Å². The number of pyridine rings is 1. The summed E-state index contributed by atoms with van der Waals surface area (Å²) in [4.78, 5) is 62.4. The van der Waals surface area contributed by atoms with Crippen molar-refractivity contribution in [3.05, 3.63) is 64.9 Å². The number of nitrogens with one attached hydrogen (secondary N) is 1. The van der Waals surface area contributed by atoms with Gasteiger partial charge in [-0.15, -0.1) is 0 Å². The van der Waals surface area contributed by atoms with Crippen molar-refractivity contribution in [3.63, 3.8) is 0 Å². The van der Waals surface area contributed by atoms with Crippen LogP contribution in [0.3, 0.4) is 0 Å². The predicted octanol–water partition coefficient (Wildman–Crippen LogP) is 2.29. The molecule has 0 bridgehead atoms. The number of hydrogen-bond acceptors (Lipinski definition) is 9. The molecule has 186 valence electrons. The zero-order chi connectivity index (χ0) is 25.5. The van der Waals surface area contributed by atoms with E-state index >= 15 is 0 Å². The third kappa shape index (κ3) is 4.20. The van der Waals surface area contributed by atoms with Crippen molar-refractivity contribution in [2.75, 3.05) is 6.54 Å². The van der Waals surface area contributed by atoms with Crippen molar-refractivity contribution in [3.8, 4) is 22.6 Å². The van der Waals surface area contributed by atoms with E-state index in [9.17, 15) is 19.2 Å². The van der Waals surface area contributed by atoms with E-state index < -0.39 is 29.7 Å². The van der Waals surface area contributed by atoms with Gasteiger partial charge in [0.25, 0.3) is 11.8 Å². The SMILES string of the molecule is O=C1CCC(N2C(=O)C3=C(C2=O)N(Cc2nc(-c4cccc(-c5ccccn5)c4)ns2)CCC3)C(=O)N1. The number of nitrogens with zero attached hydrogens (tertiary/aromatic N) is 5. The summed E-state index contributed by atoms with van der Waals surface area (Å²) in [6, 6.07) is 12.6. The van der Waals surface area contributed by atoms with Gasteiger partial charge in [-0.1, -0.05) is 24.3 Å². The molecule has 3 aliphatic heterocycles. The molecule has 2 aromatic heterocycles. The maximum absolute atomic E-state index is 13.4. The Bertz CT molecular complexity index is 1470. The molecule has 3 aliphatic rings. The largest absolute Gasteiger partial charge is 0.360 e. The minimum Gasteiger partial charge on any atom is -0.360 e. The topological polar surface area (TPSA) is 125 Å². The van der Waals surface area contributed by atoms with Gasteiger partial charge in [-0.25, -0.2) is 4.98 Å². The number of rotatable bonds is 5. The summed E-state index contributed by atoms with van der Waals surface area (Å²) in [5.41, 5.74) is 3.44. The molecular formula is C26H22N6O4S. The van der Waals surface area contributed by atoms with Gasteiger partial charge in [0.2, 0.25) is 11.8 Å². The van der Waals surface area contributed by atoms with E-state index in [1.54, 1.807) is 6.20 Å². The Hall–Kier alpha value is -4.25. The van der Waals surface area contributed by atoms with Crippen LogP contribution in [-0.4, -0.2) is 60.4 Å². The molecule has 6 rings (SSSR count). The molecule has 0 spiro atoms. The van der Waals surface area contributed by atoms with Crippen molar-refractivity contribution in [2.45, 2.75) is 38.3 Å². The van der Waals surface area contributed by atoms with Crippen LogP contribution in [-0.2, 0) is 25.7 Å². The summed E-state index contributed by atoms with van der Waals surface area (Å²) in [6.45, 7) is 0.920. The first-order chi connectivity index (χ1) is 18.0. The fraction of sp³-hybridized carbons (Fsp3) is 0.269. The van der Waals surface area contributed by atoms with Crippen LogP contribution < -0.4 is 5.32 Å². The van der Waals surface area contributed by atoms with Gasteiger partial charge in [0.05, 0.1) is 12.2 Å². The van der Waals surface area contributed by atoms with E-state index in [2.05, 4.69) is 14.7 Å². The lowest BCUT2D eigenvalue weighted by atomic mass is 10.0. The van der Waals surface area contributed by atoms with Gasteiger partial charge in [0.1, 0.15) is 16.7 Å². The second-order valence-electron chi connectivity index (χ2n) is 9.11. The highest BCUT2D eigenvalue weighted by atomic mass is 32.1. The minimum atomic E-state index is -0.968. The van der Waals surface area contributed by atoms with Crippen molar-refractivity contribution in [1.29, 1.82) is 0 Å². The van der Waals surface area contributed by atoms with Crippen molar-refractivity contribution in [2.24, 2.45) is 0 Å². The molecule has 4 amide bonds. The van der Waals surface area contributed by atoms with Crippen LogP contribution in [0.15, 0.2) is 59.9 Å². The standard InChI is InChI=1S/C26H22N6O4S/c33-20-10-9-19(24(34)28-20)32-25(35)17-7-4-12-31(22(17)26(32)36)14-21-29-23(30-37-21)16-6-3-5-15(13-16)18-8-1-2-11-27-18/h1-3,5-6,8,11,13,19H,4,7,9-10,12,14H2,(H,28,33,34). The molecule has 1 N–H and O–H groups in total. The Morgan fingerprint density at radius 2 is 1.86 bits per heavy atom. The van der Waals surface area contributed by atoms with E-state index in [0.717, 1.165) is 21.7 Å². The molecule has 3 aromatic rings. The van der Waals surface area contributed by atoms with Crippen LogP contribution in [0, 0.1) is 0 Å². The third-order valence-corrected chi connectivity index (χ3v) is 7.45. The normalized spacial score (nSPS) is 19.9. The highest BCUT2D eigenvalue weighted by molar-refractivity contribution is 7.05. The van der Waals surface area contributed by atoms with Crippen LogP contribution >= 0.6 is 11.5 Å². The smallest absolute Gasteiger partial charge is 0.278 e. The molecular weight excluding hydrogens is 492 g/mol. The van der Waals surface area contributed by atoms with E-state index in [0.29, 0.717) is 48.0 Å². The molecule has 5 heterocycles. The number of piperidine rings is 1. The molecule has 11 heteroatoms. The third-order valence-electron chi connectivity index (χ3n) is 6.75. The number of benzene rings is 1. The van der Waals surface area contributed by atoms with Gasteiger partial charge in [0, 0.05) is 35.9 Å². The minimum absolute atomic E-state index is 0.0942. The summed E-state index contributed by atoms with van der Waals surface area (Å²) in [5.74, 6) is -1.34. The molecule has 1 aromatic carbocycles. The van der Waals surface area contributed by atoms with Crippen LogP contribution in [0.25, 0.3) is 22.6 Å². The summed E-state index contributed by atoms with van der Waals surface area (Å²) < 4.78 is 4.53. The first-order valence-corrected chi connectivity index (χ1v) is 12.8. The van der Waals surface area contributed by atoms with E-state index in [1.807, 2.05) is 47.4 Å². The predicted molar refractivity (Wildman–Crippen MR) is 133 cm³/mol. The molecule has 0 aliphatic carbocycles. The van der Waals surface area contributed by atoms with Gasteiger partial charge in [-0.2, -0.15) is 4.37 Å². The lowest BCUT2D eigenvalue weighted by molar-refractivity contribution is -0.150. The van der Waals surface area contributed by atoms with Crippen LogP contribution in [0.1, 0.15) is 30.7 Å². The number of hydrogen-bond donors (Lipinski definition) is 1. The number of carbonyl (C=O) groups is 4. The van der Waals surface area contributed by atoms with Crippen molar-refractivity contribution < 1.29 is 19.2 Å². The van der Waals surface area contributed by atoms with Gasteiger partial charge in [-0.3, -0.25) is 34.4 Å². The average Bonchev–Trinajstić information content (AvgIpc) is 3.48. The number of amides is 4. The molecule has 1 saturated heterocycles. The maximum Gasteiger partial charge on any atom is 0.278 e. The molecule has 10 nitrogen and oxygen atoms in total.